The van der Waals surface area contributed by atoms with Crippen LogP contribution in [0.2, 0.25) is 0 Å². The summed E-state index contributed by atoms with van der Waals surface area (Å²) in [5, 5.41) is 3.38. The average molecular weight is 259 g/mol. The molecule has 0 unspecified atom stereocenters. The second-order valence-electron chi connectivity index (χ2n) is 5.01. The SMILES string of the molecule is CC(C)NCc1cccc(N(C)Cc2ccoc2)n1. The van der Waals surface area contributed by atoms with E-state index in [2.05, 4.69) is 29.0 Å². The Balaban J connectivity index is 2.01. The molecule has 0 atom stereocenters. The van der Waals surface area contributed by atoms with E-state index >= 15 is 0 Å². The van der Waals surface area contributed by atoms with Gasteiger partial charge in [-0.25, -0.2) is 4.98 Å². The Bertz CT molecular complexity index is 494. The standard InChI is InChI=1S/C15H21N3O/c1-12(2)16-9-14-5-4-6-15(17-14)18(3)10-13-7-8-19-11-13/h4-8,11-12,16H,9-10H2,1-3H3. The third-order valence-electron chi connectivity index (χ3n) is 2.87. The Kier molecular flexibility index (Phi) is 4.58. The van der Waals surface area contributed by atoms with Gasteiger partial charge in [0.2, 0.25) is 0 Å². The van der Waals surface area contributed by atoms with Gasteiger partial charge in [0.15, 0.2) is 0 Å². The maximum atomic E-state index is 5.08. The van der Waals surface area contributed by atoms with E-state index in [1.54, 1.807) is 12.5 Å². The van der Waals surface area contributed by atoms with Gasteiger partial charge in [-0.3, -0.25) is 0 Å². The van der Waals surface area contributed by atoms with Gasteiger partial charge >= 0.3 is 0 Å². The molecule has 2 heterocycles. The Morgan fingerprint density at radius 1 is 1.32 bits per heavy atom. The summed E-state index contributed by atoms with van der Waals surface area (Å²) in [6, 6.07) is 8.56. The van der Waals surface area contributed by atoms with Crippen molar-refractivity contribution in [2.24, 2.45) is 0 Å². The quantitative estimate of drug-likeness (QED) is 0.866. The Labute approximate surface area is 114 Å². The van der Waals surface area contributed by atoms with Crippen molar-refractivity contribution in [2.45, 2.75) is 33.0 Å². The first-order chi connectivity index (χ1) is 9.15. The van der Waals surface area contributed by atoms with Gasteiger partial charge in [-0.15, -0.1) is 0 Å². The van der Waals surface area contributed by atoms with Crippen LogP contribution in [0.25, 0.3) is 0 Å². The van der Waals surface area contributed by atoms with E-state index in [4.69, 9.17) is 4.42 Å². The summed E-state index contributed by atoms with van der Waals surface area (Å²) in [5.41, 5.74) is 2.21. The lowest BCUT2D eigenvalue weighted by Crippen LogP contribution is -2.23. The highest BCUT2D eigenvalue weighted by Crippen LogP contribution is 2.13. The Hall–Kier alpha value is -1.81. The molecule has 0 saturated heterocycles. The van der Waals surface area contributed by atoms with Crippen LogP contribution >= 0.6 is 0 Å². The smallest absolute Gasteiger partial charge is 0.128 e. The highest BCUT2D eigenvalue weighted by atomic mass is 16.3. The van der Waals surface area contributed by atoms with Gasteiger partial charge in [-0.05, 0) is 18.2 Å². The molecule has 0 aliphatic heterocycles. The zero-order chi connectivity index (χ0) is 13.7. The van der Waals surface area contributed by atoms with E-state index in [0.29, 0.717) is 6.04 Å². The molecule has 0 fully saturated rings. The highest BCUT2D eigenvalue weighted by molar-refractivity contribution is 5.39. The lowest BCUT2D eigenvalue weighted by molar-refractivity contribution is 0.563. The normalized spacial score (nSPS) is 10.9. The number of hydrogen-bond donors (Lipinski definition) is 1. The zero-order valence-corrected chi connectivity index (χ0v) is 11.8. The van der Waals surface area contributed by atoms with Crippen molar-refractivity contribution in [3.63, 3.8) is 0 Å². The van der Waals surface area contributed by atoms with Crippen LogP contribution in [0.5, 0.6) is 0 Å². The van der Waals surface area contributed by atoms with Crippen molar-refractivity contribution < 1.29 is 4.42 Å². The van der Waals surface area contributed by atoms with Gasteiger partial charge in [-0.1, -0.05) is 19.9 Å². The van der Waals surface area contributed by atoms with E-state index in [-0.39, 0.29) is 0 Å². The molecule has 4 heteroatoms. The number of hydrogen-bond acceptors (Lipinski definition) is 4. The van der Waals surface area contributed by atoms with Gasteiger partial charge in [0.25, 0.3) is 0 Å². The van der Waals surface area contributed by atoms with E-state index in [0.717, 1.165) is 30.2 Å². The number of nitrogens with one attached hydrogen (secondary N) is 1. The minimum Gasteiger partial charge on any atom is -0.472 e. The van der Waals surface area contributed by atoms with E-state index in [1.807, 2.05) is 31.3 Å². The summed E-state index contributed by atoms with van der Waals surface area (Å²) >= 11 is 0. The van der Waals surface area contributed by atoms with Crippen molar-refractivity contribution >= 4 is 5.82 Å². The molecule has 2 aromatic rings. The fourth-order valence-electron chi connectivity index (χ4n) is 1.82. The first-order valence-corrected chi connectivity index (χ1v) is 6.56. The summed E-state index contributed by atoms with van der Waals surface area (Å²) in [6.45, 7) is 5.86. The zero-order valence-electron chi connectivity index (χ0n) is 11.8. The van der Waals surface area contributed by atoms with Gasteiger partial charge in [0, 0.05) is 31.7 Å². The van der Waals surface area contributed by atoms with Crippen LogP contribution in [-0.4, -0.2) is 18.1 Å². The number of pyridine rings is 1. The van der Waals surface area contributed by atoms with Crippen molar-refractivity contribution in [2.75, 3.05) is 11.9 Å². The predicted octanol–water partition coefficient (Wildman–Crippen LogP) is 2.81. The number of nitrogens with zero attached hydrogens (tertiary/aromatic N) is 2. The van der Waals surface area contributed by atoms with Crippen LogP contribution in [0.4, 0.5) is 5.82 Å². The largest absolute Gasteiger partial charge is 0.472 e. The molecule has 19 heavy (non-hydrogen) atoms. The Morgan fingerprint density at radius 3 is 2.84 bits per heavy atom. The third kappa shape index (κ3) is 4.10. The molecule has 0 bridgehead atoms. The molecule has 0 amide bonds. The Morgan fingerprint density at radius 2 is 2.16 bits per heavy atom. The lowest BCUT2D eigenvalue weighted by atomic mass is 10.3. The van der Waals surface area contributed by atoms with Gasteiger partial charge in [0.1, 0.15) is 5.82 Å². The van der Waals surface area contributed by atoms with Crippen LogP contribution in [0.3, 0.4) is 0 Å². The summed E-state index contributed by atoms with van der Waals surface area (Å²) in [6.07, 6.45) is 3.46. The molecule has 4 nitrogen and oxygen atoms in total. The monoisotopic (exact) mass is 259 g/mol. The highest BCUT2D eigenvalue weighted by Gasteiger charge is 2.05. The first-order valence-electron chi connectivity index (χ1n) is 6.56. The third-order valence-corrected chi connectivity index (χ3v) is 2.87. The second kappa shape index (κ2) is 6.38. The topological polar surface area (TPSA) is 41.3 Å². The molecule has 102 valence electrons. The fraction of sp³-hybridized carbons (Fsp3) is 0.400. The number of rotatable bonds is 6. The average Bonchev–Trinajstić information content (AvgIpc) is 2.89. The summed E-state index contributed by atoms with van der Waals surface area (Å²) in [4.78, 5) is 6.77. The van der Waals surface area contributed by atoms with Crippen molar-refractivity contribution in [1.29, 1.82) is 0 Å². The van der Waals surface area contributed by atoms with E-state index in [1.165, 1.54) is 0 Å². The van der Waals surface area contributed by atoms with Crippen LogP contribution in [0.1, 0.15) is 25.1 Å². The van der Waals surface area contributed by atoms with Gasteiger partial charge in [0.05, 0.1) is 18.2 Å². The maximum absolute atomic E-state index is 5.08. The summed E-state index contributed by atoms with van der Waals surface area (Å²) in [5.74, 6) is 0.976. The van der Waals surface area contributed by atoms with Crippen LogP contribution < -0.4 is 10.2 Å². The van der Waals surface area contributed by atoms with Crippen LogP contribution in [0, 0.1) is 0 Å². The molecule has 0 radical (unpaired) electrons. The van der Waals surface area contributed by atoms with Gasteiger partial charge < -0.3 is 14.6 Å². The van der Waals surface area contributed by atoms with Crippen molar-refractivity contribution in [3.8, 4) is 0 Å². The number of anilines is 1. The summed E-state index contributed by atoms with van der Waals surface area (Å²) < 4.78 is 5.08. The molecule has 0 spiro atoms. The molecular weight excluding hydrogens is 238 g/mol. The number of aromatic nitrogens is 1. The predicted molar refractivity (Wildman–Crippen MR) is 77.0 cm³/mol. The molecule has 0 aromatic carbocycles. The van der Waals surface area contributed by atoms with Gasteiger partial charge in [-0.2, -0.15) is 0 Å². The number of furan rings is 1. The lowest BCUT2D eigenvalue weighted by Gasteiger charge is -2.18. The maximum Gasteiger partial charge on any atom is 0.128 e. The molecule has 0 aliphatic rings. The van der Waals surface area contributed by atoms with E-state index in [9.17, 15) is 0 Å². The van der Waals surface area contributed by atoms with Crippen molar-refractivity contribution in [3.05, 3.63) is 48.0 Å². The summed E-state index contributed by atoms with van der Waals surface area (Å²) in [7, 11) is 2.04. The van der Waals surface area contributed by atoms with Crippen LogP contribution in [0.15, 0.2) is 41.2 Å². The second-order valence-corrected chi connectivity index (χ2v) is 5.01. The minimum absolute atomic E-state index is 0.467. The molecular formula is C15H21N3O. The first kappa shape index (κ1) is 13.6. The molecule has 1 N–H and O–H groups in total. The molecule has 2 rings (SSSR count). The molecule has 2 aromatic heterocycles. The minimum atomic E-state index is 0.467. The van der Waals surface area contributed by atoms with Crippen LogP contribution in [-0.2, 0) is 13.1 Å². The molecule has 0 aliphatic carbocycles. The van der Waals surface area contributed by atoms with Crippen molar-refractivity contribution in [1.82, 2.24) is 10.3 Å². The molecule has 0 saturated carbocycles. The van der Waals surface area contributed by atoms with E-state index < -0.39 is 0 Å². The fourth-order valence-corrected chi connectivity index (χ4v) is 1.82.